The minimum Gasteiger partial charge on any atom is -0.507 e. The van der Waals surface area contributed by atoms with Gasteiger partial charge in [0, 0.05) is 25.0 Å². The van der Waals surface area contributed by atoms with Gasteiger partial charge in [0.1, 0.15) is 17.3 Å². The molecule has 4 rings (SSSR count). The van der Waals surface area contributed by atoms with Gasteiger partial charge in [-0.2, -0.15) is 0 Å². The monoisotopic (exact) mass is 444 g/mol. The summed E-state index contributed by atoms with van der Waals surface area (Å²) in [5, 5.41) is 11.3. The van der Waals surface area contributed by atoms with E-state index in [2.05, 4.69) is 4.98 Å². The lowest BCUT2D eigenvalue weighted by molar-refractivity contribution is -0.140. The number of rotatable bonds is 6. The summed E-state index contributed by atoms with van der Waals surface area (Å²) in [6.07, 6.45) is 3.27. The zero-order valence-corrected chi connectivity index (χ0v) is 18.6. The average molecular weight is 444 g/mol. The van der Waals surface area contributed by atoms with Gasteiger partial charge < -0.3 is 19.5 Å². The number of likely N-dealkylation sites (tertiary alicyclic amines) is 1. The van der Waals surface area contributed by atoms with Gasteiger partial charge in [-0.3, -0.25) is 14.6 Å². The Morgan fingerprint density at radius 2 is 1.76 bits per heavy atom. The number of carbonyl (C=O) groups is 2. The van der Waals surface area contributed by atoms with Crippen LogP contribution in [0.15, 0.2) is 72.6 Å². The van der Waals surface area contributed by atoms with Crippen molar-refractivity contribution in [3.05, 3.63) is 94.8 Å². The third kappa shape index (κ3) is 4.05. The molecule has 1 atom stereocenters. The van der Waals surface area contributed by atoms with E-state index >= 15 is 0 Å². The quantitative estimate of drug-likeness (QED) is 0.351. The van der Waals surface area contributed by atoms with E-state index in [1.807, 2.05) is 31.2 Å². The summed E-state index contributed by atoms with van der Waals surface area (Å²) in [6, 6.07) is 15.2. The SMILES string of the molecule is COc1ccc(/C(O)=C2\C(=O)C(=O)N(Cc3ccncc3)C2c2ccccc2C)c(OC)c1. The number of carbonyl (C=O) groups excluding carboxylic acids is 2. The van der Waals surface area contributed by atoms with E-state index in [1.54, 1.807) is 42.7 Å². The lowest BCUT2D eigenvalue weighted by Crippen LogP contribution is -2.29. The second-order valence-electron chi connectivity index (χ2n) is 7.71. The number of Topliss-reactive ketones (excluding diaryl/α,β-unsaturated/α-hetero) is 1. The van der Waals surface area contributed by atoms with Gasteiger partial charge in [0.05, 0.1) is 31.4 Å². The molecule has 7 heteroatoms. The molecule has 1 aromatic heterocycles. The van der Waals surface area contributed by atoms with Crippen LogP contribution < -0.4 is 9.47 Å². The van der Waals surface area contributed by atoms with Crippen molar-refractivity contribution >= 4 is 17.4 Å². The summed E-state index contributed by atoms with van der Waals surface area (Å²) in [7, 11) is 2.99. The Balaban J connectivity index is 1.91. The fourth-order valence-corrected chi connectivity index (χ4v) is 4.08. The summed E-state index contributed by atoms with van der Waals surface area (Å²) < 4.78 is 10.7. The van der Waals surface area contributed by atoms with E-state index in [1.165, 1.54) is 19.1 Å². The molecule has 1 saturated heterocycles. The van der Waals surface area contributed by atoms with E-state index in [-0.39, 0.29) is 17.9 Å². The minimum atomic E-state index is -0.758. The van der Waals surface area contributed by atoms with Gasteiger partial charge in [-0.05, 0) is 47.9 Å². The molecule has 1 unspecified atom stereocenters. The van der Waals surface area contributed by atoms with Crippen molar-refractivity contribution in [1.82, 2.24) is 9.88 Å². The highest BCUT2D eigenvalue weighted by Gasteiger charge is 2.46. The molecular weight excluding hydrogens is 420 g/mol. The van der Waals surface area contributed by atoms with Crippen molar-refractivity contribution in [1.29, 1.82) is 0 Å². The van der Waals surface area contributed by atoms with Crippen molar-refractivity contribution in [2.75, 3.05) is 14.2 Å². The van der Waals surface area contributed by atoms with Gasteiger partial charge in [0.15, 0.2) is 0 Å². The fraction of sp³-hybridized carbons (Fsp3) is 0.192. The molecule has 1 aliphatic rings. The molecule has 2 aromatic carbocycles. The Hall–Kier alpha value is -4.13. The highest BCUT2D eigenvalue weighted by Crippen LogP contribution is 2.43. The zero-order chi connectivity index (χ0) is 23.5. The Morgan fingerprint density at radius 1 is 1.03 bits per heavy atom. The number of benzene rings is 2. The predicted molar refractivity (Wildman–Crippen MR) is 123 cm³/mol. The number of amides is 1. The molecule has 2 heterocycles. The van der Waals surface area contributed by atoms with Crippen LogP contribution in [0.4, 0.5) is 0 Å². The molecule has 1 N–H and O–H groups in total. The lowest BCUT2D eigenvalue weighted by Gasteiger charge is -2.26. The zero-order valence-electron chi connectivity index (χ0n) is 18.6. The van der Waals surface area contributed by atoms with Crippen molar-refractivity contribution < 1.29 is 24.2 Å². The summed E-state index contributed by atoms with van der Waals surface area (Å²) in [4.78, 5) is 31.9. The van der Waals surface area contributed by atoms with Crippen LogP contribution in [0.1, 0.15) is 28.3 Å². The van der Waals surface area contributed by atoms with Gasteiger partial charge >= 0.3 is 0 Å². The summed E-state index contributed by atoms with van der Waals surface area (Å²) in [5.41, 5.74) is 2.81. The Labute approximate surface area is 191 Å². The molecule has 0 radical (unpaired) electrons. The standard InChI is InChI=1S/C26H24N2O5/c1-16-6-4-5-7-19(16)23-22(24(29)20-9-8-18(32-2)14-21(20)33-3)25(30)26(31)28(23)15-17-10-12-27-13-11-17/h4-14,23,29H,15H2,1-3H3/b24-22+. The lowest BCUT2D eigenvalue weighted by atomic mass is 9.92. The molecule has 7 nitrogen and oxygen atoms in total. The van der Waals surface area contributed by atoms with E-state index in [4.69, 9.17) is 9.47 Å². The Morgan fingerprint density at radius 3 is 2.42 bits per heavy atom. The fourth-order valence-electron chi connectivity index (χ4n) is 4.08. The van der Waals surface area contributed by atoms with Crippen LogP contribution in [0, 0.1) is 6.92 Å². The number of hydrogen-bond donors (Lipinski definition) is 1. The molecule has 0 saturated carbocycles. The summed E-state index contributed by atoms with van der Waals surface area (Å²) in [6.45, 7) is 2.11. The van der Waals surface area contributed by atoms with E-state index < -0.39 is 17.7 Å². The molecule has 0 spiro atoms. The molecule has 168 valence electrons. The van der Waals surface area contributed by atoms with Crippen LogP contribution in [0.25, 0.3) is 5.76 Å². The molecule has 0 bridgehead atoms. The van der Waals surface area contributed by atoms with Crippen LogP contribution in [0.3, 0.4) is 0 Å². The van der Waals surface area contributed by atoms with Gasteiger partial charge in [-0.1, -0.05) is 24.3 Å². The van der Waals surface area contributed by atoms with Gasteiger partial charge in [0.25, 0.3) is 11.7 Å². The first-order valence-electron chi connectivity index (χ1n) is 10.4. The van der Waals surface area contributed by atoms with Crippen molar-refractivity contribution in [2.45, 2.75) is 19.5 Å². The number of pyridine rings is 1. The van der Waals surface area contributed by atoms with Gasteiger partial charge in [0.2, 0.25) is 0 Å². The second-order valence-corrected chi connectivity index (χ2v) is 7.71. The number of aliphatic hydroxyl groups is 1. The maximum absolute atomic E-state index is 13.3. The van der Waals surface area contributed by atoms with Gasteiger partial charge in [-0.15, -0.1) is 0 Å². The third-order valence-corrected chi connectivity index (χ3v) is 5.79. The molecule has 0 aliphatic carbocycles. The largest absolute Gasteiger partial charge is 0.507 e. The van der Waals surface area contributed by atoms with Crippen LogP contribution in [-0.2, 0) is 16.1 Å². The maximum Gasteiger partial charge on any atom is 0.295 e. The first-order chi connectivity index (χ1) is 16.0. The molecule has 1 fully saturated rings. The average Bonchev–Trinajstić information content (AvgIpc) is 3.09. The number of aliphatic hydroxyl groups excluding tert-OH is 1. The van der Waals surface area contributed by atoms with Crippen LogP contribution in [0.2, 0.25) is 0 Å². The number of ether oxygens (including phenoxy) is 2. The number of ketones is 1. The van der Waals surface area contributed by atoms with Gasteiger partial charge in [-0.25, -0.2) is 0 Å². The normalized spacial score (nSPS) is 17.3. The number of hydrogen-bond acceptors (Lipinski definition) is 6. The molecule has 1 aliphatic heterocycles. The summed E-state index contributed by atoms with van der Waals surface area (Å²) >= 11 is 0. The number of methoxy groups -OCH3 is 2. The highest BCUT2D eigenvalue weighted by molar-refractivity contribution is 6.46. The van der Waals surface area contributed by atoms with Crippen molar-refractivity contribution in [3.8, 4) is 11.5 Å². The minimum absolute atomic E-state index is 0.0202. The third-order valence-electron chi connectivity index (χ3n) is 5.79. The number of nitrogens with zero attached hydrogens (tertiary/aromatic N) is 2. The Bertz CT molecular complexity index is 1240. The topological polar surface area (TPSA) is 89.0 Å². The maximum atomic E-state index is 13.3. The summed E-state index contributed by atoms with van der Waals surface area (Å²) in [5.74, 6) is -0.840. The van der Waals surface area contributed by atoms with Crippen molar-refractivity contribution in [2.24, 2.45) is 0 Å². The molecular formula is C26H24N2O5. The number of aromatic nitrogens is 1. The smallest absolute Gasteiger partial charge is 0.295 e. The van der Waals surface area contributed by atoms with Crippen LogP contribution in [-0.4, -0.2) is 40.9 Å². The Kier molecular flexibility index (Phi) is 6.13. The van der Waals surface area contributed by atoms with Crippen LogP contribution >= 0.6 is 0 Å². The van der Waals surface area contributed by atoms with E-state index in [0.717, 1.165) is 16.7 Å². The van der Waals surface area contributed by atoms with E-state index in [0.29, 0.717) is 17.1 Å². The van der Waals surface area contributed by atoms with Crippen molar-refractivity contribution in [3.63, 3.8) is 0 Å². The predicted octanol–water partition coefficient (Wildman–Crippen LogP) is 4.03. The first kappa shape index (κ1) is 22.1. The highest BCUT2D eigenvalue weighted by atomic mass is 16.5. The van der Waals surface area contributed by atoms with E-state index in [9.17, 15) is 14.7 Å². The number of aryl methyl sites for hydroxylation is 1. The molecule has 3 aromatic rings. The molecule has 33 heavy (non-hydrogen) atoms. The first-order valence-corrected chi connectivity index (χ1v) is 10.4. The van der Waals surface area contributed by atoms with Crippen LogP contribution in [0.5, 0.6) is 11.5 Å². The second kappa shape index (κ2) is 9.16. The molecule has 1 amide bonds.